The molecule has 182 valence electrons. The third kappa shape index (κ3) is 3.93. The molecule has 0 radical (unpaired) electrons. The smallest absolute Gasteiger partial charge is 0.291 e. The van der Waals surface area contributed by atoms with E-state index < -0.39 is 0 Å². The highest BCUT2D eigenvalue weighted by atomic mass is 32.1. The molecule has 4 heterocycles. The molecule has 0 aliphatic rings. The van der Waals surface area contributed by atoms with E-state index in [0.717, 1.165) is 33.8 Å². The molecule has 4 aromatic heterocycles. The summed E-state index contributed by atoms with van der Waals surface area (Å²) < 4.78 is 9.19. The minimum atomic E-state index is -0.203. The Morgan fingerprint density at radius 1 is 0.789 bits per heavy atom. The van der Waals surface area contributed by atoms with Crippen LogP contribution in [0.15, 0.2) is 119 Å². The first kappa shape index (κ1) is 22.1. The Balaban J connectivity index is 1.26. The molecule has 0 N–H and O–H groups in total. The Hall–Kier alpha value is -5.08. The fourth-order valence-corrected chi connectivity index (χ4v) is 5.26. The van der Waals surface area contributed by atoms with Gasteiger partial charge in [-0.1, -0.05) is 84.1 Å². The van der Waals surface area contributed by atoms with E-state index in [9.17, 15) is 4.79 Å². The first-order valence-electron chi connectivity index (χ1n) is 12.0. The van der Waals surface area contributed by atoms with Crippen molar-refractivity contribution in [1.82, 2.24) is 24.4 Å². The van der Waals surface area contributed by atoms with Crippen molar-refractivity contribution < 1.29 is 4.42 Å². The normalized spacial score (nSPS) is 11.9. The molecule has 0 atom stereocenters. The number of fused-ring (bicyclic) bond motifs is 1. The molecule has 8 heteroatoms. The minimum absolute atomic E-state index is 0.203. The average Bonchev–Trinajstić information content (AvgIpc) is 3.76. The predicted molar refractivity (Wildman–Crippen MR) is 148 cm³/mol. The molecule has 0 bridgehead atoms. The summed E-state index contributed by atoms with van der Waals surface area (Å²) in [7, 11) is 0. The summed E-state index contributed by atoms with van der Waals surface area (Å²) >= 11 is 1.30. The highest BCUT2D eigenvalue weighted by Crippen LogP contribution is 2.29. The number of benzene rings is 3. The minimum Gasteiger partial charge on any atom is -0.461 e. The van der Waals surface area contributed by atoms with Crippen LogP contribution in [0.2, 0.25) is 0 Å². The van der Waals surface area contributed by atoms with Gasteiger partial charge in [-0.15, -0.1) is 5.10 Å². The summed E-state index contributed by atoms with van der Waals surface area (Å²) in [6, 6.07) is 34.0. The van der Waals surface area contributed by atoms with Gasteiger partial charge in [-0.25, -0.2) is 4.68 Å². The van der Waals surface area contributed by atoms with Crippen LogP contribution in [0.1, 0.15) is 5.56 Å². The lowest BCUT2D eigenvalue weighted by molar-refractivity contribution is 0.577. The maximum atomic E-state index is 12.9. The number of hydrogen-bond donors (Lipinski definition) is 0. The molecule has 0 aliphatic heterocycles. The standard InChI is InChI=1S/C30H19N5O2S/c36-29-27(38-30-31-28(33-35(29)30)26-12-7-17-37-26)18-20-13-15-23(16-14-20)34-25(22-10-5-2-6-11-22)19-24(32-34)21-8-3-1-4-9-21/h1-19H/b27-18-. The van der Waals surface area contributed by atoms with Crippen LogP contribution in [-0.4, -0.2) is 24.4 Å². The van der Waals surface area contributed by atoms with Crippen molar-refractivity contribution in [2.45, 2.75) is 0 Å². The van der Waals surface area contributed by atoms with Crippen molar-refractivity contribution in [2.24, 2.45) is 0 Å². The Morgan fingerprint density at radius 2 is 1.53 bits per heavy atom. The second-order valence-corrected chi connectivity index (χ2v) is 9.68. The summed E-state index contributed by atoms with van der Waals surface area (Å²) in [5.41, 5.74) is 5.67. The van der Waals surface area contributed by atoms with Crippen LogP contribution < -0.4 is 10.1 Å². The molecule has 0 amide bonds. The van der Waals surface area contributed by atoms with E-state index in [1.54, 1.807) is 18.4 Å². The second-order valence-electron chi connectivity index (χ2n) is 8.67. The van der Waals surface area contributed by atoms with Crippen LogP contribution in [0, 0.1) is 0 Å². The van der Waals surface area contributed by atoms with Crippen LogP contribution in [0.4, 0.5) is 0 Å². The van der Waals surface area contributed by atoms with Gasteiger partial charge in [0.05, 0.1) is 27.9 Å². The molecule has 0 saturated carbocycles. The number of rotatable bonds is 5. The summed E-state index contributed by atoms with van der Waals surface area (Å²) in [6.07, 6.45) is 3.41. The van der Waals surface area contributed by atoms with E-state index in [1.165, 1.54) is 15.9 Å². The zero-order valence-corrected chi connectivity index (χ0v) is 20.7. The first-order chi connectivity index (χ1) is 18.7. The highest BCUT2D eigenvalue weighted by molar-refractivity contribution is 7.15. The monoisotopic (exact) mass is 513 g/mol. The van der Waals surface area contributed by atoms with E-state index in [0.29, 0.717) is 21.1 Å². The zero-order valence-electron chi connectivity index (χ0n) is 19.9. The number of nitrogens with zero attached hydrogens (tertiary/aromatic N) is 5. The summed E-state index contributed by atoms with van der Waals surface area (Å²) in [5.74, 6) is 0.933. The van der Waals surface area contributed by atoms with Gasteiger partial charge in [-0.2, -0.15) is 14.6 Å². The number of furan rings is 1. The van der Waals surface area contributed by atoms with Crippen LogP contribution in [0.25, 0.3) is 50.8 Å². The van der Waals surface area contributed by atoms with E-state index in [-0.39, 0.29) is 5.56 Å². The number of hydrogen-bond acceptors (Lipinski definition) is 6. The van der Waals surface area contributed by atoms with Crippen LogP contribution >= 0.6 is 11.3 Å². The fourth-order valence-electron chi connectivity index (χ4n) is 4.35. The van der Waals surface area contributed by atoms with Crippen molar-refractivity contribution in [3.8, 4) is 39.8 Å². The predicted octanol–water partition coefficient (Wildman–Crippen LogP) is 5.48. The average molecular weight is 514 g/mol. The zero-order chi connectivity index (χ0) is 25.5. The highest BCUT2D eigenvalue weighted by Gasteiger charge is 2.15. The fraction of sp³-hybridized carbons (Fsp3) is 0. The Kier molecular flexibility index (Phi) is 5.30. The van der Waals surface area contributed by atoms with Crippen molar-refractivity contribution in [2.75, 3.05) is 0 Å². The van der Waals surface area contributed by atoms with E-state index in [1.807, 2.05) is 71.4 Å². The first-order valence-corrected chi connectivity index (χ1v) is 12.8. The van der Waals surface area contributed by atoms with Gasteiger partial charge in [0, 0.05) is 11.1 Å². The van der Waals surface area contributed by atoms with E-state index >= 15 is 0 Å². The molecule has 0 unspecified atom stereocenters. The van der Waals surface area contributed by atoms with Gasteiger partial charge in [0.15, 0.2) is 5.76 Å². The quantitative estimate of drug-likeness (QED) is 0.305. The summed E-state index contributed by atoms with van der Waals surface area (Å²) in [6.45, 7) is 0. The molecule has 0 aliphatic carbocycles. The van der Waals surface area contributed by atoms with Gasteiger partial charge in [0.1, 0.15) is 0 Å². The maximum Gasteiger partial charge on any atom is 0.291 e. The molecule has 0 fully saturated rings. The van der Waals surface area contributed by atoms with Gasteiger partial charge in [0.2, 0.25) is 10.8 Å². The van der Waals surface area contributed by atoms with E-state index in [4.69, 9.17) is 9.52 Å². The number of aromatic nitrogens is 5. The molecular weight excluding hydrogens is 494 g/mol. The van der Waals surface area contributed by atoms with Crippen molar-refractivity contribution in [3.63, 3.8) is 0 Å². The largest absolute Gasteiger partial charge is 0.461 e. The molecule has 38 heavy (non-hydrogen) atoms. The molecule has 7 nitrogen and oxygen atoms in total. The Labute approximate surface area is 220 Å². The topological polar surface area (TPSA) is 78.2 Å². The van der Waals surface area contributed by atoms with E-state index in [2.05, 4.69) is 40.4 Å². The van der Waals surface area contributed by atoms with Crippen molar-refractivity contribution in [3.05, 3.63) is 130 Å². The van der Waals surface area contributed by atoms with Gasteiger partial charge < -0.3 is 4.42 Å². The lowest BCUT2D eigenvalue weighted by Crippen LogP contribution is -2.23. The molecule has 7 aromatic rings. The third-order valence-electron chi connectivity index (χ3n) is 6.21. The number of thiazole rings is 1. The lowest BCUT2D eigenvalue weighted by atomic mass is 10.1. The Bertz CT molecular complexity index is 1970. The van der Waals surface area contributed by atoms with Crippen LogP contribution in [0.3, 0.4) is 0 Å². The van der Waals surface area contributed by atoms with Crippen LogP contribution in [-0.2, 0) is 0 Å². The molecule has 0 spiro atoms. The molecule has 3 aromatic carbocycles. The molecular formula is C30H19N5O2S. The summed E-state index contributed by atoms with van der Waals surface area (Å²) in [5, 5.41) is 9.25. The van der Waals surface area contributed by atoms with Gasteiger partial charge in [-0.05, 0) is 42.0 Å². The third-order valence-corrected chi connectivity index (χ3v) is 7.17. The molecule has 0 saturated heterocycles. The van der Waals surface area contributed by atoms with Gasteiger partial charge in [0.25, 0.3) is 5.56 Å². The molecule has 7 rings (SSSR count). The Morgan fingerprint density at radius 3 is 2.21 bits per heavy atom. The summed E-state index contributed by atoms with van der Waals surface area (Å²) in [4.78, 5) is 17.9. The van der Waals surface area contributed by atoms with Gasteiger partial charge in [-0.3, -0.25) is 4.79 Å². The second kappa shape index (κ2) is 9.10. The maximum absolute atomic E-state index is 12.9. The van der Waals surface area contributed by atoms with Crippen molar-refractivity contribution in [1.29, 1.82) is 0 Å². The van der Waals surface area contributed by atoms with Crippen LogP contribution in [0.5, 0.6) is 0 Å². The SMILES string of the molecule is O=c1/c(=C/c2ccc(-n3nc(-c4ccccc4)cc3-c3ccccc3)cc2)sc2nc(-c3ccco3)nn12. The van der Waals surface area contributed by atoms with Gasteiger partial charge >= 0.3 is 0 Å². The van der Waals surface area contributed by atoms with Crippen molar-refractivity contribution >= 4 is 22.4 Å². The lowest BCUT2D eigenvalue weighted by Gasteiger charge is -2.08.